The SMILES string of the molecule is Cc1cc(-c2ccc3ncccc3c2)ccc1-c1cccc[n+]1C. The predicted octanol–water partition coefficient (Wildman–Crippen LogP) is 4.70. The van der Waals surface area contributed by atoms with Crippen molar-refractivity contribution in [1.29, 1.82) is 0 Å². The molecule has 0 aliphatic rings. The number of pyridine rings is 2. The second-order valence-electron chi connectivity index (χ2n) is 6.14. The van der Waals surface area contributed by atoms with Crippen LogP contribution >= 0.6 is 0 Å². The highest BCUT2D eigenvalue weighted by atomic mass is 14.9. The number of nitrogens with zero attached hydrogens (tertiary/aromatic N) is 2. The second-order valence-corrected chi connectivity index (χ2v) is 6.14. The highest BCUT2D eigenvalue weighted by Crippen LogP contribution is 2.28. The Morgan fingerprint density at radius 2 is 1.67 bits per heavy atom. The minimum absolute atomic E-state index is 1.03. The Morgan fingerprint density at radius 3 is 2.50 bits per heavy atom. The van der Waals surface area contributed by atoms with Gasteiger partial charge in [0.25, 0.3) is 0 Å². The molecule has 2 aromatic heterocycles. The van der Waals surface area contributed by atoms with Crippen molar-refractivity contribution in [1.82, 2.24) is 4.98 Å². The molecule has 2 aromatic carbocycles. The van der Waals surface area contributed by atoms with Crippen LogP contribution in [0.25, 0.3) is 33.3 Å². The van der Waals surface area contributed by atoms with E-state index >= 15 is 0 Å². The fourth-order valence-corrected chi connectivity index (χ4v) is 3.19. The van der Waals surface area contributed by atoms with Crippen molar-refractivity contribution in [3.8, 4) is 22.4 Å². The van der Waals surface area contributed by atoms with Crippen LogP contribution in [0, 0.1) is 6.92 Å². The van der Waals surface area contributed by atoms with Gasteiger partial charge in [0.2, 0.25) is 5.69 Å². The van der Waals surface area contributed by atoms with Crippen molar-refractivity contribution in [2.75, 3.05) is 0 Å². The Morgan fingerprint density at radius 1 is 0.833 bits per heavy atom. The van der Waals surface area contributed by atoms with Crippen LogP contribution in [0.4, 0.5) is 0 Å². The fraction of sp³-hybridized carbons (Fsp3) is 0.0909. The van der Waals surface area contributed by atoms with Gasteiger partial charge in [0, 0.05) is 29.3 Å². The first-order chi connectivity index (χ1) is 11.7. The average molecular weight is 311 g/mol. The lowest BCUT2D eigenvalue weighted by atomic mass is 9.97. The summed E-state index contributed by atoms with van der Waals surface area (Å²) >= 11 is 0. The molecule has 0 N–H and O–H groups in total. The van der Waals surface area contributed by atoms with E-state index in [9.17, 15) is 0 Å². The number of benzene rings is 2. The molecule has 116 valence electrons. The lowest BCUT2D eigenvalue weighted by Gasteiger charge is -2.08. The fourth-order valence-electron chi connectivity index (χ4n) is 3.19. The molecule has 0 saturated heterocycles. The van der Waals surface area contributed by atoms with Crippen LogP contribution in [0.3, 0.4) is 0 Å². The van der Waals surface area contributed by atoms with Crippen molar-refractivity contribution in [3.05, 3.63) is 84.7 Å². The van der Waals surface area contributed by atoms with Gasteiger partial charge in [0.15, 0.2) is 6.20 Å². The van der Waals surface area contributed by atoms with Gasteiger partial charge in [-0.2, -0.15) is 0 Å². The van der Waals surface area contributed by atoms with E-state index in [1.165, 1.54) is 33.3 Å². The van der Waals surface area contributed by atoms with Crippen molar-refractivity contribution >= 4 is 10.9 Å². The van der Waals surface area contributed by atoms with Crippen LogP contribution in [0.1, 0.15) is 5.56 Å². The lowest BCUT2D eigenvalue weighted by molar-refractivity contribution is -0.660. The molecule has 4 rings (SSSR count). The van der Waals surface area contributed by atoms with Gasteiger partial charge in [-0.3, -0.25) is 4.98 Å². The van der Waals surface area contributed by atoms with E-state index in [1.54, 1.807) is 0 Å². The van der Waals surface area contributed by atoms with Gasteiger partial charge in [-0.1, -0.05) is 24.3 Å². The first-order valence-corrected chi connectivity index (χ1v) is 8.13. The Kier molecular flexibility index (Phi) is 3.58. The van der Waals surface area contributed by atoms with E-state index in [2.05, 4.69) is 90.4 Å². The van der Waals surface area contributed by atoms with Gasteiger partial charge in [-0.25, -0.2) is 4.57 Å². The molecule has 0 bridgehead atoms. The van der Waals surface area contributed by atoms with Gasteiger partial charge in [0.05, 0.1) is 5.52 Å². The zero-order valence-corrected chi connectivity index (χ0v) is 13.9. The third-order valence-electron chi connectivity index (χ3n) is 4.49. The third-order valence-corrected chi connectivity index (χ3v) is 4.49. The molecule has 0 saturated carbocycles. The predicted molar refractivity (Wildman–Crippen MR) is 98.5 cm³/mol. The molecule has 0 radical (unpaired) electrons. The average Bonchev–Trinajstić information content (AvgIpc) is 2.62. The van der Waals surface area contributed by atoms with E-state index in [0.29, 0.717) is 0 Å². The van der Waals surface area contributed by atoms with Crippen molar-refractivity contribution in [2.45, 2.75) is 6.92 Å². The van der Waals surface area contributed by atoms with Gasteiger partial charge < -0.3 is 0 Å². The first kappa shape index (κ1) is 14.6. The zero-order valence-electron chi connectivity index (χ0n) is 13.9. The van der Waals surface area contributed by atoms with E-state index < -0.39 is 0 Å². The van der Waals surface area contributed by atoms with Crippen LogP contribution in [-0.2, 0) is 7.05 Å². The number of aryl methyl sites for hydroxylation is 2. The molecule has 2 heterocycles. The Bertz CT molecular complexity index is 1030. The molecule has 0 atom stereocenters. The normalized spacial score (nSPS) is 10.9. The van der Waals surface area contributed by atoms with E-state index in [0.717, 1.165) is 5.52 Å². The summed E-state index contributed by atoms with van der Waals surface area (Å²) < 4.78 is 2.16. The summed E-state index contributed by atoms with van der Waals surface area (Å²) in [6, 6.07) is 23.5. The topological polar surface area (TPSA) is 16.8 Å². The monoisotopic (exact) mass is 311 g/mol. The molecule has 4 aromatic rings. The summed E-state index contributed by atoms with van der Waals surface area (Å²) in [4.78, 5) is 4.39. The van der Waals surface area contributed by atoms with Crippen LogP contribution < -0.4 is 4.57 Å². The van der Waals surface area contributed by atoms with Crippen LogP contribution in [0.2, 0.25) is 0 Å². The number of aromatic nitrogens is 2. The van der Waals surface area contributed by atoms with E-state index in [1.807, 2.05) is 12.3 Å². The molecular weight excluding hydrogens is 292 g/mol. The molecule has 0 unspecified atom stereocenters. The second kappa shape index (κ2) is 5.89. The summed E-state index contributed by atoms with van der Waals surface area (Å²) in [6.45, 7) is 2.18. The van der Waals surface area contributed by atoms with Gasteiger partial charge in [-0.15, -0.1) is 0 Å². The molecular formula is C22H19N2+. The third kappa shape index (κ3) is 2.56. The molecule has 2 nitrogen and oxygen atoms in total. The quantitative estimate of drug-likeness (QED) is 0.490. The number of hydrogen-bond acceptors (Lipinski definition) is 1. The zero-order chi connectivity index (χ0) is 16.5. The molecule has 0 aliphatic heterocycles. The number of hydrogen-bond donors (Lipinski definition) is 0. The smallest absolute Gasteiger partial charge is 0.212 e. The highest BCUT2D eigenvalue weighted by Gasteiger charge is 2.12. The Labute approximate surface area is 142 Å². The maximum atomic E-state index is 4.39. The molecule has 0 fully saturated rings. The summed E-state index contributed by atoms with van der Waals surface area (Å²) in [5.41, 5.74) is 7.27. The summed E-state index contributed by atoms with van der Waals surface area (Å²) in [7, 11) is 2.08. The van der Waals surface area contributed by atoms with Crippen LogP contribution in [0.15, 0.2) is 79.1 Å². The molecule has 0 amide bonds. The Hall–Kier alpha value is -3.00. The standard InChI is InChI=1S/C22H19N2/c1-16-14-17(8-10-20(16)22-7-3-4-13-24(22)2)18-9-11-21-19(15-18)6-5-12-23-21/h3-15H,1-2H3/q+1. The maximum Gasteiger partial charge on any atom is 0.212 e. The summed E-state index contributed by atoms with van der Waals surface area (Å²) in [5, 5.41) is 1.17. The Balaban J connectivity index is 1.79. The molecule has 24 heavy (non-hydrogen) atoms. The minimum atomic E-state index is 1.03. The highest BCUT2D eigenvalue weighted by molar-refractivity contribution is 5.84. The van der Waals surface area contributed by atoms with Crippen molar-refractivity contribution in [2.24, 2.45) is 7.05 Å². The maximum absolute atomic E-state index is 4.39. The van der Waals surface area contributed by atoms with Crippen molar-refractivity contribution in [3.63, 3.8) is 0 Å². The van der Waals surface area contributed by atoms with Gasteiger partial charge in [0.1, 0.15) is 7.05 Å². The van der Waals surface area contributed by atoms with E-state index in [4.69, 9.17) is 0 Å². The minimum Gasteiger partial charge on any atom is -0.256 e. The van der Waals surface area contributed by atoms with Crippen molar-refractivity contribution < 1.29 is 4.57 Å². The lowest BCUT2D eigenvalue weighted by Crippen LogP contribution is -2.30. The number of fused-ring (bicyclic) bond motifs is 1. The van der Waals surface area contributed by atoms with Gasteiger partial charge >= 0.3 is 0 Å². The molecule has 0 spiro atoms. The van der Waals surface area contributed by atoms with Crippen LogP contribution in [0.5, 0.6) is 0 Å². The van der Waals surface area contributed by atoms with Crippen LogP contribution in [-0.4, -0.2) is 4.98 Å². The van der Waals surface area contributed by atoms with Gasteiger partial charge in [-0.05, 0) is 53.9 Å². The molecule has 0 aliphatic carbocycles. The summed E-state index contributed by atoms with van der Waals surface area (Å²) in [6.07, 6.45) is 3.92. The largest absolute Gasteiger partial charge is 0.256 e. The summed E-state index contributed by atoms with van der Waals surface area (Å²) in [5.74, 6) is 0. The first-order valence-electron chi connectivity index (χ1n) is 8.13. The molecule has 2 heteroatoms. The number of rotatable bonds is 2. The van der Waals surface area contributed by atoms with E-state index in [-0.39, 0.29) is 0 Å².